The van der Waals surface area contributed by atoms with Gasteiger partial charge in [-0.05, 0) is 57.2 Å². The zero-order valence-corrected chi connectivity index (χ0v) is 15.4. The molecule has 1 aliphatic heterocycles. The summed E-state index contributed by atoms with van der Waals surface area (Å²) in [6.45, 7) is 2.76. The van der Waals surface area contributed by atoms with Crippen molar-refractivity contribution in [3.8, 4) is 0 Å². The second kappa shape index (κ2) is 6.44. The van der Waals surface area contributed by atoms with Crippen molar-refractivity contribution in [1.29, 1.82) is 0 Å². The fourth-order valence-corrected chi connectivity index (χ4v) is 4.05. The van der Waals surface area contributed by atoms with Crippen LogP contribution in [0.15, 0.2) is 35.2 Å². The summed E-state index contributed by atoms with van der Waals surface area (Å²) in [5.74, 6) is 1.14. The van der Waals surface area contributed by atoms with E-state index in [1.807, 2.05) is 24.0 Å². The molecule has 27 heavy (non-hydrogen) atoms. The molecule has 6 nitrogen and oxygen atoms in total. The zero-order chi connectivity index (χ0) is 18.4. The number of fused-ring (bicyclic) bond motifs is 1. The summed E-state index contributed by atoms with van der Waals surface area (Å²) in [6, 6.07) is 8.05. The second-order valence-electron chi connectivity index (χ2n) is 7.69. The van der Waals surface area contributed by atoms with Crippen molar-refractivity contribution >= 4 is 16.8 Å². The number of hydrogen-bond donors (Lipinski definition) is 0. The molecule has 1 aliphatic carbocycles. The van der Waals surface area contributed by atoms with Gasteiger partial charge in [0.1, 0.15) is 0 Å². The predicted molar refractivity (Wildman–Crippen MR) is 100 cm³/mol. The van der Waals surface area contributed by atoms with Crippen LogP contribution in [0.5, 0.6) is 0 Å². The molecule has 6 heteroatoms. The van der Waals surface area contributed by atoms with Gasteiger partial charge < -0.3 is 9.42 Å². The van der Waals surface area contributed by atoms with Crippen molar-refractivity contribution in [2.75, 3.05) is 6.54 Å². The maximum absolute atomic E-state index is 13.6. The van der Waals surface area contributed by atoms with Crippen LogP contribution in [0.25, 0.3) is 10.9 Å². The van der Waals surface area contributed by atoms with Crippen LogP contribution in [0.2, 0.25) is 0 Å². The summed E-state index contributed by atoms with van der Waals surface area (Å²) in [5, 5.41) is 4.94. The number of carbonyl (C=O) groups excluding carboxylic acids is 1. The third-order valence-corrected chi connectivity index (χ3v) is 5.65. The van der Waals surface area contributed by atoms with Gasteiger partial charge in [0.25, 0.3) is 5.91 Å². The van der Waals surface area contributed by atoms with Crippen molar-refractivity contribution in [2.45, 2.75) is 51.0 Å². The standard InChI is InChI=1S/C21H22N4O2/c1-13-5-8-17-15(10-13)16(11-18(23-17)14-6-7-14)21(26)25-9-3-2-4-19(25)20-22-12-27-24-20/h5,8,10-12,14,19H,2-4,6-7,9H2,1H3. The van der Waals surface area contributed by atoms with E-state index in [1.54, 1.807) is 0 Å². The molecule has 0 radical (unpaired) electrons. The molecule has 1 unspecified atom stereocenters. The predicted octanol–water partition coefficient (Wildman–Crippen LogP) is 4.17. The highest BCUT2D eigenvalue weighted by Crippen LogP contribution is 2.41. The lowest BCUT2D eigenvalue weighted by atomic mass is 9.98. The highest BCUT2D eigenvalue weighted by atomic mass is 16.5. The van der Waals surface area contributed by atoms with Gasteiger partial charge in [0, 0.05) is 23.5 Å². The first kappa shape index (κ1) is 16.4. The van der Waals surface area contributed by atoms with Crippen LogP contribution in [0.4, 0.5) is 0 Å². The van der Waals surface area contributed by atoms with Gasteiger partial charge in [-0.2, -0.15) is 4.98 Å². The fourth-order valence-electron chi connectivity index (χ4n) is 4.05. The van der Waals surface area contributed by atoms with E-state index >= 15 is 0 Å². The summed E-state index contributed by atoms with van der Waals surface area (Å²) in [6.07, 6.45) is 6.58. The molecular weight excluding hydrogens is 340 g/mol. The minimum Gasteiger partial charge on any atom is -0.343 e. The Morgan fingerprint density at radius 1 is 1.19 bits per heavy atom. The first-order valence-corrected chi connectivity index (χ1v) is 9.69. The summed E-state index contributed by atoms with van der Waals surface area (Å²) in [7, 11) is 0. The first-order valence-electron chi connectivity index (χ1n) is 9.69. The lowest BCUT2D eigenvalue weighted by molar-refractivity contribution is 0.0598. The number of piperidine rings is 1. The van der Waals surface area contributed by atoms with E-state index in [4.69, 9.17) is 9.51 Å². The topological polar surface area (TPSA) is 72.1 Å². The van der Waals surface area contributed by atoms with Gasteiger partial charge in [0.2, 0.25) is 6.39 Å². The number of nitrogens with zero attached hydrogens (tertiary/aromatic N) is 4. The number of aromatic nitrogens is 3. The van der Waals surface area contributed by atoms with Gasteiger partial charge in [-0.15, -0.1) is 0 Å². The number of benzene rings is 1. The molecule has 2 aromatic heterocycles. The number of rotatable bonds is 3. The molecule has 3 aromatic rings. The summed E-state index contributed by atoms with van der Waals surface area (Å²) >= 11 is 0. The summed E-state index contributed by atoms with van der Waals surface area (Å²) < 4.78 is 4.94. The Hall–Kier alpha value is -2.76. The monoisotopic (exact) mass is 362 g/mol. The Balaban J connectivity index is 1.60. The van der Waals surface area contributed by atoms with Crippen molar-refractivity contribution in [1.82, 2.24) is 20.0 Å². The van der Waals surface area contributed by atoms with E-state index in [0.29, 0.717) is 18.3 Å². The van der Waals surface area contributed by atoms with Crippen LogP contribution in [0.3, 0.4) is 0 Å². The maximum Gasteiger partial charge on any atom is 0.255 e. The summed E-state index contributed by atoms with van der Waals surface area (Å²) in [5.41, 5.74) is 3.83. The Morgan fingerprint density at radius 2 is 2.07 bits per heavy atom. The van der Waals surface area contributed by atoms with Gasteiger partial charge >= 0.3 is 0 Å². The van der Waals surface area contributed by atoms with E-state index < -0.39 is 0 Å². The van der Waals surface area contributed by atoms with Crippen LogP contribution in [-0.2, 0) is 0 Å². The van der Waals surface area contributed by atoms with E-state index in [-0.39, 0.29) is 11.9 Å². The molecule has 0 N–H and O–H groups in total. The van der Waals surface area contributed by atoms with Gasteiger partial charge in [-0.25, -0.2) is 0 Å². The maximum atomic E-state index is 13.6. The minimum absolute atomic E-state index is 0.0457. The quantitative estimate of drug-likeness (QED) is 0.699. The number of aryl methyl sites for hydroxylation is 1. The van der Waals surface area contributed by atoms with Crippen LogP contribution < -0.4 is 0 Å². The normalized spacial score (nSPS) is 20.2. The number of amides is 1. The molecule has 3 heterocycles. The van der Waals surface area contributed by atoms with Crippen molar-refractivity contribution in [2.24, 2.45) is 0 Å². The molecule has 1 aromatic carbocycles. The Bertz CT molecular complexity index is 995. The van der Waals surface area contributed by atoms with Crippen molar-refractivity contribution < 1.29 is 9.32 Å². The molecule has 2 aliphatic rings. The lowest BCUT2D eigenvalue weighted by Crippen LogP contribution is -2.39. The molecule has 1 amide bonds. The van der Waals surface area contributed by atoms with E-state index in [0.717, 1.165) is 59.8 Å². The largest absolute Gasteiger partial charge is 0.343 e. The minimum atomic E-state index is -0.123. The molecule has 2 fully saturated rings. The number of likely N-dealkylation sites (tertiary alicyclic amines) is 1. The summed E-state index contributed by atoms with van der Waals surface area (Å²) in [4.78, 5) is 24.6. The third kappa shape index (κ3) is 2.99. The van der Waals surface area contributed by atoms with Gasteiger partial charge in [-0.3, -0.25) is 9.78 Å². The van der Waals surface area contributed by atoms with Crippen LogP contribution in [0, 0.1) is 6.92 Å². The lowest BCUT2D eigenvalue weighted by Gasteiger charge is -2.34. The van der Waals surface area contributed by atoms with Gasteiger partial charge in [0.05, 0.1) is 17.1 Å². The molecule has 5 rings (SSSR count). The number of hydrogen-bond acceptors (Lipinski definition) is 5. The average Bonchev–Trinajstić information content (AvgIpc) is 3.41. The van der Waals surface area contributed by atoms with E-state index in [9.17, 15) is 4.79 Å². The molecule has 0 bridgehead atoms. The second-order valence-corrected chi connectivity index (χ2v) is 7.69. The van der Waals surface area contributed by atoms with E-state index in [2.05, 4.69) is 22.3 Å². The molecule has 138 valence electrons. The Labute approximate surface area is 157 Å². The highest BCUT2D eigenvalue weighted by Gasteiger charge is 2.33. The molecule has 1 atom stereocenters. The van der Waals surface area contributed by atoms with Crippen molar-refractivity contribution in [3.05, 3.63) is 53.3 Å². The molecule has 1 saturated heterocycles. The van der Waals surface area contributed by atoms with Crippen LogP contribution >= 0.6 is 0 Å². The zero-order valence-electron chi connectivity index (χ0n) is 15.4. The average molecular weight is 362 g/mol. The molecule has 1 saturated carbocycles. The third-order valence-electron chi connectivity index (χ3n) is 5.65. The van der Waals surface area contributed by atoms with Gasteiger partial charge in [-0.1, -0.05) is 16.8 Å². The Kier molecular flexibility index (Phi) is 3.92. The van der Waals surface area contributed by atoms with Crippen LogP contribution in [-0.4, -0.2) is 32.5 Å². The first-order chi connectivity index (χ1) is 13.2. The van der Waals surface area contributed by atoms with E-state index in [1.165, 1.54) is 6.39 Å². The smallest absolute Gasteiger partial charge is 0.255 e. The fraction of sp³-hybridized carbons (Fsp3) is 0.429. The number of carbonyl (C=O) groups is 1. The SMILES string of the molecule is Cc1ccc2nc(C3CC3)cc(C(=O)N3CCCCC3c3ncon3)c2c1. The van der Waals surface area contributed by atoms with Gasteiger partial charge in [0.15, 0.2) is 5.82 Å². The molecule has 0 spiro atoms. The Morgan fingerprint density at radius 3 is 2.85 bits per heavy atom. The van der Waals surface area contributed by atoms with Crippen LogP contribution in [0.1, 0.15) is 71.5 Å². The highest BCUT2D eigenvalue weighted by molar-refractivity contribution is 6.06. The number of pyridine rings is 1. The molecular formula is C21H22N4O2. The van der Waals surface area contributed by atoms with Crippen molar-refractivity contribution in [3.63, 3.8) is 0 Å².